The molecule has 16 heavy (non-hydrogen) atoms. The molecule has 0 aliphatic rings. The number of rotatable bonds is 2. The number of nitriles is 1. The average Bonchev–Trinajstić information content (AvgIpc) is 2.33. The van der Waals surface area contributed by atoms with Crippen LogP contribution >= 0.6 is 11.8 Å². The van der Waals surface area contributed by atoms with Crippen LogP contribution < -0.4 is 0 Å². The molecule has 0 unspecified atom stereocenters. The molecule has 2 rings (SSSR count). The summed E-state index contributed by atoms with van der Waals surface area (Å²) in [6, 6.07) is 8.68. The molecule has 2 aromatic rings. The van der Waals surface area contributed by atoms with Crippen LogP contribution in [0.5, 0.6) is 5.75 Å². The molecule has 0 radical (unpaired) electrons. The fourth-order valence-corrected chi connectivity index (χ4v) is 1.91. The molecular formula is C11H7N3OS. The van der Waals surface area contributed by atoms with Crippen molar-refractivity contribution in [2.75, 3.05) is 0 Å². The predicted octanol–water partition coefficient (Wildman–Crippen LogP) is 2.21. The smallest absolute Gasteiger partial charge is 0.173 e. The number of phenolic OH excluding ortho intramolecular Hbond substituents is 1. The van der Waals surface area contributed by atoms with Gasteiger partial charge in [-0.25, -0.2) is 9.97 Å². The summed E-state index contributed by atoms with van der Waals surface area (Å²) in [5.74, 6) is 0.212. The van der Waals surface area contributed by atoms with Crippen molar-refractivity contribution in [3.8, 4) is 11.8 Å². The lowest BCUT2D eigenvalue weighted by Crippen LogP contribution is -1.89. The first kappa shape index (κ1) is 10.5. The molecule has 1 N–H and O–H groups in total. The molecule has 0 aliphatic carbocycles. The van der Waals surface area contributed by atoms with Gasteiger partial charge in [0.05, 0.1) is 0 Å². The van der Waals surface area contributed by atoms with Gasteiger partial charge >= 0.3 is 0 Å². The van der Waals surface area contributed by atoms with Gasteiger partial charge in [-0.1, -0.05) is 11.8 Å². The van der Waals surface area contributed by atoms with Crippen molar-refractivity contribution in [2.45, 2.75) is 9.92 Å². The summed E-state index contributed by atoms with van der Waals surface area (Å²) in [6.45, 7) is 0. The molecule has 1 aromatic heterocycles. The number of hydrogen-bond acceptors (Lipinski definition) is 5. The third kappa shape index (κ3) is 2.30. The minimum atomic E-state index is 0.212. The highest BCUT2D eigenvalue weighted by Gasteiger charge is 2.05. The van der Waals surface area contributed by atoms with Crippen LogP contribution in [0.25, 0.3) is 0 Å². The van der Waals surface area contributed by atoms with Crippen LogP contribution in [0.2, 0.25) is 0 Å². The molecule has 78 valence electrons. The van der Waals surface area contributed by atoms with Crippen LogP contribution in [0.4, 0.5) is 0 Å². The van der Waals surface area contributed by atoms with Gasteiger partial charge in [0.1, 0.15) is 16.8 Å². The van der Waals surface area contributed by atoms with E-state index in [-0.39, 0.29) is 5.75 Å². The van der Waals surface area contributed by atoms with E-state index in [4.69, 9.17) is 10.4 Å². The molecule has 0 spiro atoms. The summed E-state index contributed by atoms with van der Waals surface area (Å²) in [4.78, 5) is 8.90. The van der Waals surface area contributed by atoms with Crippen LogP contribution in [-0.4, -0.2) is 15.1 Å². The molecule has 5 heteroatoms. The Morgan fingerprint density at radius 1 is 1.12 bits per heavy atom. The lowest BCUT2D eigenvalue weighted by atomic mass is 10.3. The third-order valence-corrected chi connectivity index (χ3v) is 2.82. The number of benzene rings is 1. The molecule has 0 saturated carbocycles. The number of hydrogen-bond donors (Lipinski definition) is 1. The van der Waals surface area contributed by atoms with Crippen molar-refractivity contribution in [3.05, 3.63) is 42.4 Å². The second-order valence-electron chi connectivity index (χ2n) is 2.92. The van der Waals surface area contributed by atoms with Gasteiger partial charge in [-0.2, -0.15) is 5.26 Å². The second kappa shape index (κ2) is 4.64. The van der Waals surface area contributed by atoms with Crippen LogP contribution in [0.3, 0.4) is 0 Å². The first-order chi connectivity index (χ1) is 7.79. The summed E-state index contributed by atoms with van der Waals surface area (Å²) in [5.41, 5.74) is 0.306. The van der Waals surface area contributed by atoms with Crippen LogP contribution in [0.1, 0.15) is 5.69 Å². The topological polar surface area (TPSA) is 69.8 Å². The first-order valence-corrected chi connectivity index (χ1v) is 5.29. The number of nitrogens with zero attached hydrogens (tertiary/aromatic N) is 3. The van der Waals surface area contributed by atoms with Gasteiger partial charge in [0.2, 0.25) is 0 Å². The maximum absolute atomic E-state index is 9.13. The van der Waals surface area contributed by atoms with E-state index in [0.29, 0.717) is 10.7 Å². The highest BCUT2D eigenvalue weighted by atomic mass is 32.2. The minimum absolute atomic E-state index is 0.212. The highest BCUT2D eigenvalue weighted by Crippen LogP contribution is 2.28. The van der Waals surface area contributed by atoms with E-state index in [9.17, 15) is 0 Å². The molecule has 0 amide bonds. The van der Waals surface area contributed by atoms with Gasteiger partial charge in [0.25, 0.3) is 0 Å². The molecule has 1 aromatic carbocycles. The Labute approximate surface area is 96.6 Å². The van der Waals surface area contributed by atoms with E-state index < -0.39 is 0 Å². The number of aromatic nitrogens is 2. The molecule has 0 fully saturated rings. The number of aromatic hydroxyl groups is 1. The Hall–Kier alpha value is -2.06. The second-order valence-corrected chi connectivity index (χ2v) is 3.98. The van der Waals surface area contributed by atoms with Crippen molar-refractivity contribution in [1.82, 2.24) is 9.97 Å². The van der Waals surface area contributed by atoms with Crippen LogP contribution in [-0.2, 0) is 0 Å². The fraction of sp³-hybridized carbons (Fsp3) is 0. The quantitative estimate of drug-likeness (QED) is 0.854. The lowest BCUT2D eigenvalue weighted by molar-refractivity contribution is 0.475. The zero-order valence-corrected chi connectivity index (χ0v) is 8.98. The Balaban J connectivity index is 2.27. The molecule has 1 heterocycles. The van der Waals surface area contributed by atoms with Gasteiger partial charge in [-0.3, -0.25) is 0 Å². The van der Waals surface area contributed by atoms with Crippen molar-refractivity contribution in [2.24, 2.45) is 0 Å². The summed E-state index contributed by atoms with van der Waals surface area (Å²) in [5, 5.41) is 18.5. The maximum Gasteiger partial charge on any atom is 0.173 e. The zero-order chi connectivity index (χ0) is 11.4. The Morgan fingerprint density at radius 2 is 1.81 bits per heavy atom. The summed E-state index contributed by atoms with van der Waals surface area (Å²) < 4.78 is 0. The van der Waals surface area contributed by atoms with E-state index in [1.807, 2.05) is 6.07 Å². The van der Waals surface area contributed by atoms with Crippen LogP contribution in [0, 0.1) is 11.3 Å². The molecular weight excluding hydrogens is 222 g/mol. The van der Waals surface area contributed by atoms with Gasteiger partial charge in [-0.05, 0) is 24.3 Å². The summed E-state index contributed by atoms with van der Waals surface area (Å²) in [7, 11) is 0. The Morgan fingerprint density at radius 3 is 2.50 bits per heavy atom. The maximum atomic E-state index is 9.13. The SMILES string of the molecule is N#Cc1nccnc1Sc1ccc(O)cc1. The zero-order valence-electron chi connectivity index (χ0n) is 8.16. The molecule has 0 saturated heterocycles. The van der Waals surface area contributed by atoms with E-state index in [1.54, 1.807) is 30.5 Å². The van der Waals surface area contributed by atoms with Gasteiger partial charge in [0, 0.05) is 17.3 Å². The first-order valence-electron chi connectivity index (χ1n) is 4.47. The summed E-state index contributed by atoms with van der Waals surface area (Å²) in [6.07, 6.45) is 3.03. The lowest BCUT2D eigenvalue weighted by Gasteiger charge is -2.01. The largest absolute Gasteiger partial charge is 0.508 e. The van der Waals surface area contributed by atoms with Crippen molar-refractivity contribution in [1.29, 1.82) is 5.26 Å². The molecule has 0 aliphatic heterocycles. The monoisotopic (exact) mass is 229 g/mol. The standard InChI is InChI=1S/C11H7N3OS/c12-7-10-11(14-6-5-13-10)16-9-3-1-8(15)2-4-9/h1-6,15H. The number of phenols is 1. The van der Waals surface area contributed by atoms with Gasteiger partial charge < -0.3 is 5.11 Å². The normalized spacial score (nSPS) is 9.69. The van der Waals surface area contributed by atoms with Crippen molar-refractivity contribution in [3.63, 3.8) is 0 Å². The minimum Gasteiger partial charge on any atom is -0.508 e. The van der Waals surface area contributed by atoms with Crippen LogP contribution in [0.15, 0.2) is 46.6 Å². The fourth-order valence-electron chi connectivity index (χ4n) is 1.10. The highest BCUT2D eigenvalue weighted by molar-refractivity contribution is 7.99. The molecule has 0 bridgehead atoms. The van der Waals surface area contributed by atoms with E-state index in [2.05, 4.69) is 9.97 Å². The van der Waals surface area contributed by atoms with E-state index in [0.717, 1.165) is 4.90 Å². The van der Waals surface area contributed by atoms with Gasteiger partial charge in [0.15, 0.2) is 5.69 Å². The molecule has 4 nitrogen and oxygen atoms in total. The predicted molar refractivity (Wildman–Crippen MR) is 59.0 cm³/mol. The average molecular weight is 229 g/mol. The third-order valence-electron chi connectivity index (χ3n) is 1.82. The summed E-state index contributed by atoms with van der Waals surface area (Å²) >= 11 is 1.34. The van der Waals surface area contributed by atoms with Gasteiger partial charge in [-0.15, -0.1) is 0 Å². The molecule has 0 atom stereocenters. The van der Waals surface area contributed by atoms with Crippen molar-refractivity contribution < 1.29 is 5.11 Å². The van der Waals surface area contributed by atoms with Crippen molar-refractivity contribution >= 4 is 11.8 Å². The Bertz CT molecular complexity index is 534. The van der Waals surface area contributed by atoms with E-state index in [1.165, 1.54) is 18.0 Å². The Kier molecular flexibility index (Phi) is 3.03. The van der Waals surface area contributed by atoms with E-state index >= 15 is 0 Å².